The molecule has 1 heterocycles. The van der Waals surface area contributed by atoms with Crippen molar-refractivity contribution >= 4 is 0 Å². The number of likely N-dealkylation sites (tertiary alicyclic amines) is 1. The van der Waals surface area contributed by atoms with Gasteiger partial charge in [0.2, 0.25) is 0 Å². The fourth-order valence-electron chi connectivity index (χ4n) is 1.33. The zero-order valence-corrected chi connectivity index (χ0v) is 6.29. The van der Waals surface area contributed by atoms with Crippen LogP contribution in [0.1, 0.15) is 19.3 Å². The van der Waals surface area contributed by atoms with Gasteiger partial charge < -0.3 is 5.11 Å². The lowest BCUT2D eigenvalue weighted by Gasteiger charge is -2.29. The predicted octanol–water partition coefficient (Wildman–Crippen LogP) is 0.977. The molecule has 0 saturated carbocycles. The van der Waals surface area contributed by atoms with Crippen molar-refractivity contribution in [1.29, 1.82) is 0 Å². The Bertz CT molecular complexity index is 108. The Hall–Kier alpha value is -0.340. The highest BCUT2D eigenvalue weighted by atomic mass is 16.3. The van der Waals surface area contributed by atoms with E-state index < -0.39 is 6.23 Å². The first-order valence-electron chi connectivity index (χ1n) is 3.89. The molecule has 1 N–H and O–H groups in total. The summed E-state index contributed by atoms with van der Waals surface area (Å²) in [4.78, 5) is 2.05. The summed E-state index contributed by atoms with van der Waals surface area (Å²) < 4.78 is 0. The monoisotopic (exact) mass is 141 g/mol. The second-order valence-electron chi connectivity index (χ2n) is 2.75. The van der Waals surface area contributed by atoms with Crippen molar-refractivity contribution in [3.05, 3.63) is 12.7 Å². The van der Waals surface area contributed by atoms with Crippen molar-refractivity contribution in [3.63, 3.8) is 0 Å². The lowest BCUT2D eigenvalue weighted by Crippen LogP contribution is -2.37. The first-order valence-corrected chi connectivity index (χ1v) is 3.89. The summed E-state index contributed by atoms with van der Waals surface area (Å²) in [5.41, 5.74) is 0. The molecular weight excluding hydrogens is 126 g/mol. The van der Waals surface area contributed by atoms with E-state index in [0.29, 0.717) is 0 Å². The molecule has 10 heavy (non-hydrogen) atoms. The van der Waals surface area contributed by atoms with Gasteiger partial charge in [-0.1, -0.05) is 13.0 Å². The van der Waals surface area contributed by atoms with Gasteiger partial charge in [-0.05, 0) is 18.9 Å². The van der Waals surface area contributed by atoms with E-state index in [4.69, 9.17) is 0 Å². The Morgan fingerprint density at radius 2 is 1.90 bits per heavy atom. The maximum atomic E-state index is 9.29. The summed E-state index contributed by atoms with van der Waals surface area (Å²) >= 11 is 0. The van der Waals surface area contributed by atoms with Crippen LogP contribution in [0, 0.1) is 0 Å². The molecule has 1 atom stereocenters. The van der Waals surface area contributed by atoms with Crippen molar-refractivity contribution in [2.45, 2.75) is 25.5 Å². The first-order chi connectivity index (χ1) is 4.84. The Morgan fingerprint density at radius 1 is 1.30 bits per heavy atom. The van der Waals surface area contributed by atoms with Gasteiger partial charge in [-0.25, -0.2) is 0 Å². The molecular formula is C8H15NO. The van der Waals surface area contributed by atoms with Crippen molar-refractivity contribution in [2.24, 2.45) is 0 Å². The van der Waals surface area contributed by atoms with E-state index in [1.165, 1.54) is 19.3 Å². The van der Waals surface area contributed by atoms with E-state index >= 15 is 0 Å². The van der Waals surface area contributed by atoms with Crippen molar-refractivity contribution in [2.75, 3.05) is 13.1 Å². The smallest absolute Gasteiger partial charge is 0.126 e. The Balaban J connectivity index is 2.30. The highest BCUT2D eigenvalue weighted by molar-refractivity contribution is 4.80. The minimum Gasteiger partial charge on any atom is -0.375 e. The predicted molar refractivity (Wildman–Crippen MR) is 41.6 cm³/mol. The Morgan fingerprint density at radius 3 is 2.40 bits per heavy atom. The normalized spacial score (nSPS) is 24.1. The lowest BCUT2D eigenvalue weighted by atomic mass is 10.1. The number of nitrogens with zero attached hydrogens (tertiary/aromatic N) is 1. The fourth-order valence-corrected chi connectivity index (χ4v) is 1.33. The van der Waals surface area contributed by atoms with Crippen LogP contribution in [0.2, 0.25) is 0 Å². The fraction of sp³-hybridized carbons (Fsp3) is 0.750. The molecule has 0 aromatic rings. The molecule has 0 spiro atoms. The third kappa shape index (κ3) is 1.82. The van der Waals surface area contributed by atoms with Crippen LogP contribution in [0.25, 0.3) is 0 Å². The number of aliphatic hydroxyl groups excluding tert-OH is 1. The van der Waals surface area contributed by atoms with Gasteiger partial charge in [0.1, 0.15) is 6.23 Å². The van der Waals surface area contributed by atoms with E-state index in [1.54, 1.807) is 6.08 Å². The molecule has 1 rings (SSSR count). The van der Waals surface area contributed by atoms with Crippen LogP contribution >= 0.6 is 0 Å². The minimum absolute atomic E-state index is 0.416. The van der Waals surface area contributed by atoms with E-state index in [9.17, 15) is 5.11 Å². The molecule has 1 saturated heterocycles. The quantitative estimate of drug-likeness (QED) is 0.579. The summed E-state index contributed by atoms with van der Waals surface area (Å²) in [5.74, 6) is 0. The van der Waals surface area contributed by atoms with Crippen LogP contribution in [0.3, 0.4) is 0 Å². The molecule has 0 bridgehead atoms. The Labute approximate surface area is 62.2 Å². The summed E-state index contributed by atoms with van der Waals surface area (Å²) in [5, 5.41) is 9.29. The van der Waals surface area contributed by atoms with E-state index in [2.05, 4.69) is 11.5 Å². The molecule has 1 aliphatic rings. The van der Waals surface area contributed by atoms with Crippen LogP contribution in [-0.4, -0.2) is 29.3 Å². The van der Waals surface area contributed by atoms with Gasteiger partial charge in [0.25, 0.3) is 0 Å². The summed E-state index contributed by atoms with van der Waals surface area (Å²) in [6, 6.07) is 0. The standard InChI is InChI=1S/C8H15NO/c1-2-8(10)9-6-4-3-5-7-9/h2,8,10H,1,3-7H2. The van der Waals surface area contributed by atoms with E-state index in [0.717, 1.165) is 13.1 Å². The van der Waals surface area contributed by atoms with Gasteiger partial charge in [-0.15, -0.1) is 0 Å². The van der Waals surface area contributed by atoms with Crippen LogP contribution in [0.15, 0.2) is 12.7 Å². The van der Waals surface area contributed by atoms with Gasteiger partial charge >= 0.3 is 0 Å². The number of hydrogen-bond acceptors (Lipinski definition) is 2. The zero-order valence-electron chi connectivity index (χ0n) is 6.29. The largest absolute Gasteiger partial charge is 0.375 e. The minimum atomic E-state index is -0.416. The molecule has 2 heteroatoms. The second-order valence-corrected chi connectivity index (χ2v) is 2.75. The maximum absolute atomic E-state index is 9.29. The van der Waals surface area contributed by atoms with Crippen LogP contribution < -0.4 is 0 Å². The molecule has 1 fully saturated rings. The number of hydrogen-bond donors (Lipinski definition) is 1. The average Bonchev–Trinajstić information content (AvgIpc) is 2.05. The molecule has 58 valence electrons. The summed E-state index contributed by atoms with van der Waals surface area (Å²) in [6.07, 6.45) is 4.90. The van der Waals surface area contributed by atoms with Crippen molar-refractivity contribution < 1.29 is 5.11 Å². The van der Waals surface area contributed by atoms with Gasteiger partial charge in [-0.3, -0.25) is 4.90 Å². The molecule has 2 nitrogen and oxygen atoms in total. The van der Waals surface area contributed by atoms with Gasteiger partial charge in [0.05, 0.1) is 0 Å². The topological polar surface area (TPSA) is 23.5 Å². The highest BCUT2D eigenvalue weighted by Crippen LogP contribution is 2.10. The molecule has 0 aliphatic carbocycles. The first kappa shape index (κ1) is 7.76. The average molecular weight is 141 g/mol. The second kappa shape index (κ2) is 3.74. The maximum Gasteiger partial charge on any atom is 0.126 e. The van der Waals surface area contributed by atoms with Crippen molar-refractivity contribution in [1.82, 2.24) is 4.90 Å². The Kier molecular flexibility index (Phi) is 2.90. The molecule has 0 aromatic carbocycles. The van der Waals surface area contributed by atoms with Crippen LogP contribution in [-0.2, 0) is 0 Å². The molecule has 0 amide bonds. The zero-order chi connectivity index (χ0) is 7.40. The third-order valence-electron chi connectivity index (χ3n) is 1.98. The summed E-state index contributed by atoms with van der Waals surface area (Å²) in [7, 11) is 0. The molecule has 0 aromatic heterocycles. The highest BCUT2D eigenvalue weighted by Gasteiger charge is 2.14. The third-order valence-corrected chi connectivity index (χ3v) is 1.98. The molecule has 1 aliphatic heterocycles. The van der Waals surface area contributed by atoms with Gasteiger partial charge in [0.15, 0.2) is 0 Å². The van der Waals surface area contributed by atoms with Gasteiger partial charge in [-0.2, -0.15) is 0 Å². The molecule has 0 radical (unpaired) electrons. The number of rotatable bonds is 2. The SMILES string of the molecule is C=CC(O)N1CCCCC1. The van der Waals surface area contributed by atoms with Crippen LogP contribution in [0.5, 0.6) is 0 Å². The lowest BCUT2D eigenvalue weighted by molar-refractivity contribution is 0.0285. The van der Waals surface area contributed by atoms with Crippen molar-refractivity contribution in [3.8, 4) is 0 Å². The number of aliphatic hydroxyl groups is 1. The number of piperidine rings is 1. The van der Waals surface area contributed by atoms with E-state index in [1.807, 2.05) is 0 Å². The van der Waals surface area contributed by atoms with Crippen LogP contribution in [0.4, 0.5) is 0 Å². The van der Waals surface area contributed by atoms with E-state index in [-0.39, 0.29) is 0 Å². The van der Waals surface area contributed by atoms with Gasteiger partial charge in [0, 0.05) is 13.1 Å². The summed E-state index contributed by atoms with van der Waals surface area (Å²) in [6.45, 7) is 5.59. The molecule has 1 unspecified atom stereocenters.